The van der Waals surface area contributed by atoms with E-state index in [1.54, 1.807) is 0 Å². The van der Waals surface area contributed by atoms with E-state index >= 15 is 0 Å². The van der Waals surface area contributed by atoms with Crippen LogP contribution >= 0.6 is 22.3 Å². The molecular formula is C6H4Cl2F2N2O2S. The molecule has 9 heteroatoms. The Morgan fingerprint density at radius 1 is 1.47 bits per heavy atom. The molecule has 0 saturated carbocycles. The minimum absolute atomic E-state index is 0.318. The van der Waals surface area contributed by atoms with Gasteiger partial charge >= 0.3 is 0 Å². The summed E-state index contributed by atoms with van der Waals surface area (Å²) in [4.78, 5) is 3.12. The molecule has 0 aliphatic carbocycles. The van der Waals surface area contributed by atoms with E-state index in [0.29, 0.717) is 0 Å². The van der Waals surface area contributed by atoms with Gasteiger partial charge in [-0.05, 0) is 6.07 Å². The summed E-state index contributed by atoms with van der Waals surface area (Å²) >= 11 is 5.46. The van der Waals surface area contributed by atoms with Crippen molar-refractivity contribution in [1.82, 2.24) is 4.98 Å². The average molecular weight is 277 g/mol. The Labute approximate surface area is 93.4 Å². The highest BCUT2D eigenvalue weighted by Gasteiger charge is 2.22. The predicted octanol–water partition coefficient (Wildman–Crippen LogP) is 2.18. The van der Waals surface area contributed by atoms with Crippen molar-refractivity contribution < 1.29 is 17.2 Å². The largest absolute Gasteiger partial charge is 0.397 e. The number of nitrogen functional groups attached to an aromatic ring is 1. The molecule has 2 N–H and O–H groups in total. The van der Waals surface area contributed by atoms with Crippen LogP contribution in [-0.2, 0) is 9.05 Å². The van der Waals surface area contributed by atoms with Crippen molar-refractivity contribution in [2.45, 2.75) is 11.5 Å². The number of hydrogen-bond donors (Lipinski definition) is 1. The summed E-state index contributed by atoms with van der Waals surface area (Å²) < 4.78 is 46.3. The van der Waals surface area contributed by atoms with Crippen LogP contribution in [0.1, 0.15) is 12.1 Å². The van der Waals surface area contributed by atoms with Gasteiger partial charge in [-0.1, -0.05) is 11.6 Å². The van der Waals surface area contributed by atoms with Crippen LogP contribution in [-0.4, -0.2) is 13.4 Å². The van der Waals surface area contributed by atoms with Crippen molar-refractivity contribution in [3.63, 3.8) is 0 Å². The Balaban J connectivity index is 3.52. The van der Waals surface area contributed by atoms with Crippen LogP contribution in [0.2, 0.25) is 5.02 Å². The molecule has 0 saturated heterocycles. The van der Waals surface area contributed by atoms with Crippen LogP contribution in [0.4, 0.5) is 14.5 Å². The number of pyridine rings is 1. The monoisotopic (exact) mass is 276 g/mol. The summed E-state index contributed by atoms with van der Waals surface area (Å²) in [6.07, 6.45) is -2.96. The zero-order valence-corrected chi connectivity index (χ0v) is 9.24. The van der Waals surface area contributed by atoms with E-state index in [2.05, 4.69) is 4.98 Å². The predicted molar refractivity (Wildman–Crippen MR) is 51.7 cm³/mol. The highest BCUT2D eigenvalue weighted by molar-refractivity contribution is 8.13. The average Bonchev–Trinajstić information content (AvgIpc) is 2.06. The van der Waals surface area contributed by atoms with E-state index < -0.39 is 31.2 Å². The zero-order valence-electron chi connectivity index (χ0n) is 6.92. The molecule has 0 amide bonds. The maximum absolute atomic E-state index is 12.2. The maximum atomic E-state index is 12.2. The third kappa shape index (κ3) is 2.67. The molecule has 0 atom stereocenters. The Bertz CT molecular complexity index is 492. The van der Waals surface area contributed by atoms with Gasteiger partial charge in [-0.15, -0.1) is 0 Å². The quantitative estimate of drug-likeness (QED) is 0.841. The molecule has 1 aromatic rings. The molecule has 1 rings (SSSR count). The smallest absolute Gasteiger partial charge is 0.280 e. The lowest BCUT2D eigenvalue weighted by Crippen LogP contribution is -2.04. The Morgan fingerprint density at radius 3 is 2.40 bits per heavy atom. The number of hydrogen-bond acceptors (Lipinski definition) is 4. The fraction of sp³-hybridized carbons (Fsp3) is 0.167. The number of anilines is 1. The molecule has 0 bridgehead atoms. The molecule has 0 aromatic carbocycles. The van der Waals surface area contributed by atoms with Crippen LogP contribution in [0, 0.1) is 0 Å². The second-order valence-corrected chi connectivity index (χ2v) is 5.35. The molecule has 0 aliphatic heterocycles. The van der Waals surface area contributed by atoms with Crippen LogP contribution in [0.15, 0.2) is 11.1 Å². The van der Waals surface area contributed by atoms with Crippen molar-refractivity contribution >= 4 is 37.0 Å². The van der Waals surface area contributed by atoms with Gasteiger partial charge in [0.1, 0.15) is 10.7 Å². The lowest BCUT2D eigenvalue weighted by molar-refractivity contribution is 0.145. The van der Waals surface area contributed by atoms with Crippen molar-refractivity contribution in [3.8, 4) is 0 Å². The van der Waals surface area contributed by atoms with E-state index in [-0.39, 0.29) is 5.69 Å². The molecular weight excluding hydrogens is 273 g/mol. The third-order valence-electron chi connectivity index (χ3n) is 1.43. The van der Waals surface area contributed by atoms with Gasteiger partial charge in [0.25, 0.3) is 15.5 Å². The Morgan fingerprint density at radius 2 is 2.00 bits per heavy atom. The first-order valence-corrected chi connectivity index (χ1v) is 6.11. The summed E-state index contributed by atoms with van der Waals surface area (Å²) in [5.74, 6) is 0. The molecule has 1 heterocycles. The van der Waals surface area contributed by atoms with Gasteiger partial charge < -0.3 is 5.73 Å². The van der Waals surface area contributed by atoms with E-state index in [1.165, 1.54) is 0 Å². The molecule has 84 valence electrons. The first-order valence-electron chi connectivity index (χ1n) is 3.42. The number of rotatable bonds is 2. The number of nitrogens with two attached hydrogens (primary N) is 1. The summed E-state index contributed by atoms with van der Waals surface area (Å²) in [5, 5.41) is -1.32. The molecule has 0 spiro atoms. The second-order valence-electron chi connectivity index (χ2n) is 2.49. The molecule has 1 aromatic heterocycles. The summed E-state index contributed by atoms with van der Waals surface area (Å²) in [6, 6.07) is 0.790. The van der Waals surface area contributed by atoms with E-state index in [9.17, 15) is 17.2 Å². The molecule has 0 unspecified atom stereocenters. The molecule has 0 aliphatic rings. The first-order chi connectivity index (χ1) is 6.73. The zero-order chi connectivity index (χ0) is 11.8. The lowest BCUT2D eigenvalue weighted by atomic mass is 10.3. The Kier molecular flexibility index (Phi) is 3.37. The van der Waals surface area contributed by atoms with E-state index in [0.717, 1.165) is 6.07 Å². The highest BCUT2D eigenvalue weighted by atomic mass is 35.7. The molecule has 0 radical (unpaired) electrons. The lowest BCUT2D eigenvalue weighted by Gasteiger charge is -2.06. The molecule has 15 heavy (non-hydrogen) atoms. The summed E-state index contributed by atoms with van der Waals surface area (Å²) in [5.41, 5.74) is 4.11. The van der Waals surface area contributed by atoms with Crippen molar-refractivity contribution in [2.24, 2.45) is 0 Å². The highest BCUT2D eigenvalue weighted by Crippen LogP contribution is 2.31. The van der Waals surface area contributed by atoms with Gasteiger partial charge in [0.15, 0.2) is 5.03 Å². The molecule has 0 fully saturated rings. The van der Waals surface area contributed by atoms with Crippen LogP contribution in [0.25, 0.3) is 0 Å². The van der Waals surface area contributed by atoms with Crippen molar-refractivity contribution in [2.75, 3.05) is 5.73 Å². The van der Waals surface area contributed by atoms with Crippen molar-refractivity contribution in [1.29, 1.82) is 0 Å². The minimum atomic E-state index is -4.30. The van der Waals surface area contributed by atoms with Gasteiger partial charge in [0.05, 0.1) is 5.69 Å². The van der Waals surface area contributed by atoms with Crippen LogP contribution < -0.4 is 5.73 Å². The van der Waals surface area contributed by atoms with E-state index in [1.807, 2.05) is 0 Å². The number of halogens is 4. The summed E-state index contributed by atoms with van der Waals surface area (Å²) in [6.45, 7) is 0. The van der Waals surface area contributed by atoms with E-state index in [4.69, 9.17) is 28.0 Å². The van der Waals surface area contributed by atoms with Crippen molar-refractivity contribution in [3.05, 3.63) is 16.8 Å². The maximum Gasteiger partial charge on any atom is 0.280 e. The number of aromatic nitrogens is 1. The number of nitrogens with zero attached hydrogens (tertiary/aromatic N) is 1. The Hall–Kier alpha value is -0.660. The van der Waals surface area contributed by atoms with Gasteiger partial charge in [0, 0.05) is 10.7 Å². The SMILES string of the molecule is Nc1cc(C(F)F)nc(S(=O)(=O)Cl)c1Cl. The van der Waals surface area contributed by atoms with Crippen LogP contribution in [0.5, 0.6) is 0 Å². The van der Waals surface area contributed by atoms with Crippen LogP contribution in [0.3, 0.4) is 0 Å². The summed E-state index contributed by atoms with van der Waals surface area (Å²) in [7, 11) is 0.641. The normalized spacial score (nSPS) is 12.1. The topological polar surface area (TPSA) is 73.0 Å². The van der Waals surface area contributed by atoms with Gasteiger partial charge in [-0.2, -0.15) is 0 Å². The second kappa shape index (κ2) is 4.07. The fourth-order valence-electron chi connectivity index (χ4n) is 0.818. The van der Waals surface area contributed by atoms with Gasteiger partial charge in [-0.25, -0.2) is 22.2 Å². The standard InChI is InChI=1S/C6H4Cl2F2N2O2S/c7-4-2(11)1-3(5(9)10)12-6(4)15(8,13)14/h1,5H,(H2,11,12). The minimum Gasteiger partial charge on any atom is -0.397 e. The van der Waals surface area contributed by atoms with Gasteiger partial charge in [0.2, 0.25) is 0 Å². The third-order valence-corrected chi connectivity index (χ3v) is 3.13. The first kappa shape index (κ1) is 12.4. The number of alkyl halides is 2. The van der Waals surface area contributed by atoms with Gasteiger partial charge in [-0.3, -0.25) is 0 Å². The fourth-order valence-corrected chi connectivity index (χ4v) is 2.22. The molecule has 4 nitrogen and oxygen atoms in total.